The highest BCUT2D eigenvalue weighted by Gasteiger charge is 2.12. The summed E-state index contributed by atoms with van der Waals surface area (Å²) in [6.45, 7) is 4.72. The third kappa shape index (κ3) is 5.36. The van der Waals surface area contributed by atoms with Crippen LogP contribution < -0.4 is 10.1 Å². The minimum absolute atomic E-state index is 0.0610. The summed E-state index contributed by atoms with van der Waals surface area (Å²) in [5.74, 6) is -0.506. The van der Waals surface area contributed by atoms with Crippen LogP contribution in [0.2, 0.25) is 0 Å². The van der Waals surface area contributed by atoms with E-state index in [2.05, 4.69) is 10.3 Å². The Balaban J connectivity index is 1.62. The van der Waals surface area contributed by atoms with Crippen molar-refractivity contribution in [3.8, 4) is 16.3 Å². The van der Waals surface area contributed by atoms with E-state index in [0.717, 1.165) is 16.6 Å². The molecule has 0 aliphatic carbocycles. The summed E-state index contributed by atoms with van der Waals surface area (Å²) in [7, 11) is 0. The van der Waals surface area contributed by atoms with Crippen LogP contribution >= 0.6 is 11.3 Å². The number of nitrogens with zero attached hydrogens (tertiary/aromatic N) is 1. The molecule has 1 N–H and O–H groups in total. The second kappa shape index (κ2) is 8.93. The molecular formula is C21H20F2N2O2S. The molecule has 1 amide bonds. The van der Waals surface area contributed by atoms with Crippen molar-refractivity contribution in [1.29, 1.82) is 0 Å². The van der Waals surface area contributed by atoms with Crippen LogP contribution in [-0.4, -0.2) is 17.4 Å². The summed E-state index contributed by atoms with van der Waals surface area (Å²) >= 11 is 1.39. The first-order valence-corrected chi connectivity index (χ1v) is 9.70. The average Bonchev–Trinajstić information content (AvgIpc) is 3.14. The fourth-order valence-electron chi connectivity index (χ4n) is 2.45. The lowest BCUT2D eigenvalue weighted by molar-refractivity contribution is 0.0945. The summed E-state index contributed by atoms with van der Waals surface area (Å²) in [4.78, 5) is 16.5. The van der Waals surface area contributed by atoms with E-state index in [4.69, 9.17) is 4.74 Å². The molecule has 0 atom stereocenters. The maximum atomic E-state index is 13.2. The number of amides is 1. The van der Waals surface area contributed by atoms with Crippen LogP contribution in [0.5, 0.6) is 5.75 Å². The molecule has 0 saturated carbocycles. The topological polar surface area (TPSA) is 51.2 Å². The molecule has 3 aromatic rings. The third-order valence-corrected chi connectivity index (χ3v) is 4.73. The van der Waals surface area contributed by atoms with E-state index >= 15 is 0 Å². The van der Waals surface area contributed by atoms with Crippen LogP contribution in [0.4, 0.5) is 8.78 Å². The molecule has 0 aliphatic heterocycles. The van der Waals surface area contributed by atoms with Gasteiger partial charge in [-0.3, -0.25) is 4.79 Å². The second-order valence-corrected chi connectivity index (χ2v) is 7.59. The first-order chi connectivity index (χ1) is 13.4. The fraction of sp³-hybridized carbons (Fsp3) is 0.238. The number of carbonyl (C=O) groups is 1. The fourth-order valence-corrected chi connectivity index (χ4v) is 3.26. The molecule has 0 unspecified atom stereocenters. The molecule has 0 aliphatic rings. The van der Waals surface area contributed by atoms with Gasteiger partial charge in [-0.15, -0.1) is 11.3 Å². The van der Waals surface area contributed by atoms with Crippen molar-refractivity contribution >= 4 is 17.2 Å². The van der Waals surface area contributed by atoms with Gasteiger partial charge in [0.1, 0.15) is 34.7 Å². The van der Waals surface area contributed by atoms with Crippen molar-refractivity contribution in [3.63, 3.8) is 0 Å². The Bertz CT molecular complexity index is 935. The van der Waals surface area contributed by atoms with Crippen molar-refractivity contribution in [3.05, 3.63) is 70.7 Å². The molecular weight excluding hydrogens is 382 g/mol. The predicted molar refractivity (Wildman–Crippen MR) is 105 cm³/mol. The highest BCUT2D eigenvalue weighted by molar-refractivity contribution is 7.13. The van der Waals surface area contributed by atoms with E-state index in [1.807, 2.05) is 26.0 Å². The zero-order chi connectivity index (χ0) is 20.1. The molecule has 0 fully saturated rings. The first kappa shape index (κ1) is 19.9. The molecule has 1 heterocycles. The maximum Gasteiger partial charge on any atom is 0.270 e. The van der Waals surface area contributed by atoms with Gasteiger partial charge >= 0.3 is 0 Å². The van der Waals surface area contributed by atoms with Gasteiger partial charge in [0.15, 0.2) is 0 Å². The molecule has 1 aromatic heterocycles. The lowest BCUT2D eigenvalue weighted by atomic mass is 10.2. The molecule has 7 heteroatoms. The molecule has 0 spiro atoms. The molecule has 4 nitrogen and oxygen atoms in total. The van der Waals surface area contributed by atoms with Crippen LogP contribution in [0.25, 0.3) is 10.6 Å². The van der Waals surface area contributed by atoms with Gasteiger partial charge in [0.05, 0.1) is 0 Å². The van der Waals surface area contributed by atoms with Crippen LogP contribution in [0.3, 0.4) is 0 Å². The van der Waals surface area contributed by atoms with Gasteiger partial charge in [0.2, 0.25) is 0 Å². The Morgan fingerprint density at radius 2 is 1.82 bits per heavy atom. The second-order valence-electron chi connectivity index (χ2n) is 6.73. The van der Waals surface area contributed by atoms with E-state index in [9.17, 15) is 13.6 Å². The number of thiazole rings is 1. The summed E-state index contributed by atoms with van der Waals surface area (Å²) in [6, 6.07) is 10.5. The number of ether oxygens (including phenoxy) is 1. The highest BCUT2D eigenvalue weighted by Crippen LogP contribution is 2.26. The predicted octanol–water partition coefficient (Wildman–Crippen LogP) is 5.05. The van der Waals surface area contributed by atoms with E-state index < -0.39 is 11.6 Å². The minimum Gasteiger partial charge on any atom is -0.489 e. The minimum atomic E-state index is -0.633. The smallest absolute Gasteiger partial charge is 0.270 e. The van der Waals surface area contributed by atoms with Crippen LogP contribution in [-0.2, 0) is 6.61 Å². The standard InChI is InChI=1S/C21H20F2N2O2S/c1-13(2)10-24-20(26)19-12-28-21(25-19)15-3-5-18(6-4-15)27-11-14-7-16(22)9-17(23)8-14/h3-9,12-13H,10-11H2,1-2H3,(H,24,26). The van der Waals surface area contributed by atoms with Gasteiger partial charge < -0.3 is 10.1 Å². The van der Waals surface area contributed by atoms with Crippen molar-refractivity contribution in [2.24, 2.45) is 5.92 Å². The quantitative estimate of drug-likeness (QED) is 0.601. The maximum absolute atomic E-state index is 13.2. The third-order valence-electron chi connectivity index (χ3n) is 3.84. The lowest BCUT2D eigenvalue weighted by Gasteiger charge is -2.07. The molecule has 0 radical (unpaired) electrons. The summed E-state index contributed by atoms with van der Waals surface area (Å²) in [5, 5.41) is 5.30. The lowest BCUT2D eigenvalue weighted by Crippen LogP contribution is -2.27. The number of carbonyl (C=O) groups excluding carboxylic acids is 1. The Morgan fingerprint density at radius 3 is 2.46 bits per heavy atom. The zero-order valence-corrected chi connectivity index (χ0v) is 16.4. The first-order valence-electron chi connectivity index (χ1n) is 8.82. The number of hydrogen-bond acceptors (Lipinski definition) is 4. The van der Waals surface area contributed by atoms with Gasteiger partial charge in [0.25, 0.3) is 5.91 Å². The average molecular weight is 402 g/mol. The Kier molecular flexibility index (Phi) is 6.36. The van der Waals surface area contributed by atoms with E-state index in [1.165, 1.54) is 23.5 Å². The number of benzene rings is 2. The summed E-state index contributed by atoms with van der Waals surface area (Å²) in [6.07, 6.45) is 0. The summed E-state index contributed by atoms with van der Waals surface area (Å²) in [5.41, 5.74) is 1.67. The zero-order valence-electron chi connectivity index (χ0n) is 15.5. The van der Waals surface area contributed by atoms with Crippen LogP contribution in [0, 0.1) is 17.6 Å². The van der Waals surface area contributed by atoms with Gasteiger partial charge in [-0.05, 0) is 47.9 Å². The molecule has 3 rings (SSSR count). The molecule has 28 heavy (non-hydrogen) atoms. The summed E-state index contributed by atoms with van der Waals surface area (Å²) < 4.78 is 32.0. The van der Waals surface area contributed by atoms with Gasteiger partial charge in [-0.2, -0.15) is 0 Å². The van der Waals surface area contributed by atoms with Crippen molar-refractivity contribution < 1.29 is 18.3 Å². The van der Waals surface area contributed by atoms with E-state index in [-0.39, 0.29) is 12.5 Å². The number of halogens is 2. The monoisotopic (exact) mass is 402 g/mol. The molecule has 0 saturated heterocycles. The van der Waals surface area contributed by atoms with E-state index in [1.54, 1.807) is 17.5 Å². The Morgan fingerprint density at radius 1 is 1.14 bits per heavy atom. The van der Waals surface area contributed by atoms with Crippen LogP contribution in [0.15, 0.2) is 47.8 Å². The van der Waals surface area contributed by atoms with Gasteiger partial charge in [-0.1, -0.05) is 13.8 Å². The molecule has 2 aromatic carbocycles. The largest absolute Gasteiger partial charge is 0.489 e. The Hall–Kier alpha value is -2.80. The van der Waals surface area contributed by atoms with Crippen LogP contribution in [0.1, 0.15) is 29.9 Å². The number of hydrogen-bond donors (Lipinski definition) is 1. The molecule has 146 valence electrons. The van der Waals surface area contributed by atoms with Gasteiger partial charge in [0, 0.05) is 23.6 Å². The number of aromatic nitrogens is 1. The Labute approximate surface area is 166 Å². The van der Waals surface area contributed by atoms with Gasteiger partial charge in [-0.25, -0.2) is 13.8 Å². The highest BCUT2D eigenvalue weighted by atomic mass is 32.1. The normalized spacial score (nSPS) is 10.9. The van der Waals surface area contributed by atoms with Crippen molar-refractivity contribution in [2.75, 3.05) is 6.54 Å². The van der Waals surface area contributed by atoms with Crippen molar-refractivity contribution in [2.45, 2.75) is 20.5 Å². The van der Waals surface area contributed by atoms with E-state index in [0.29, 0.717) is 29.5 Å². The molecule has 0 bridgehead atoms. The SMILES string of the molecule is CC(C)CNC(=O)c1csc(-c2ccc(OCc3cc(F)cc(F)c3)cc2)n1. The van der Waals surface area contributed by atoms with Crippen molar-refractivity contribution in [1.82, 2.24) is 10.3 Å². The number of nitrogens with one attached hydrogen (secondary N) is 1. The number of rotatable bonds is 7.